The zero-order valence-electron chi connectivity index (χ0n) is 17.5. The summed E-state index contributed by atoms with van der Waals surface area (Å²) in [6.07, 6.45) is 1.76. The molecular formula is C22H25N3O4S2. The molecule has 4 rings (SSSR count). The van der Waals surface area contributed by atoms with Crippen LogP contribution < -0.4 is 5.56 Å². The van der Waals surface area contributed by atoms with Gasteiger partial charge in [0.15, 0.2) is 0 Å². The third-order valence-corrected chi connectivity index (χ3v) is 8.79. The van der Waals surface area contributed by atoms with Crippen molar-refractivity contribution in [2.24, 2.45) is 0 Å². The van der Waals surface area contributed by atoms with E-state index in [1.54, 1.807) is 36.2 Å². The first-order valence-electron chi connectivity index (χ1n) is 10.4. The first-order chi connectivity index (χ1) is 14.9. The molecule has 0 spiro atoms. The van der Waals surface area contributed by atoms with Crippen molar-refractivity contribution in [2.75, 3.05) is 19.6 Å². The molecule has 1 aromatic carbocycles. The molecule has 1 atom stereocenters. The molecule has 0 radical (unpaired) electrons. The lowest BCUT2D eigenvalue weighted by molar-refractivity contribution is 0.0739. The molecule has 7 nitrogen and oxygen atoms in total. The second kappa shape index (κ2) is 8.57. The Morgan fingerprint density at radius 2 is 2.00 bits per heavy atom. The average Bonchev–Trinajstić information content (AvgIpc) is 3.44. The number of hydrogen-bond donors (Lipinski definition) is 1. The van der Waals surface area contributed by atoms with Crippen LogP contribution in [0.4, 0.5) is 0 Å². The van der Waals surface area contributed by atoms with E-state index in [-0.39, 0.29) is 28.0 Å². The molecule has 2 aromatic heterocycles. The highest BCUT2D eigenvalue weighted by Crippen LogP contribution is 2.36. The lowest BCUT2D eigenvalue weighted by atomic mass is 10.1. The van der Waals surface area contributed by atoms with Crippen molar-refractivity contribution in [1.29, 1.82) is 0 Å². The van der Waals surface area contributed by atoms with E-state index in [1.807, 2.05) is 17.5 Å². The maximum absolute atomic E-state index is 13.5. The standard InChI is InChI=1S/C22H25N3O4S2/c1-3-24(4-2)31(28,29)15-9-10-18-16(13-15)17(14-21(26)23-18)22(27)25-11-5-7-19(25)20-8-6-12-30-20/h6,8-10,12-14,19H,3-5,7,11H2,1-2H3,(H,23,26). The molecule has 1 N–H and O–H groups in total. The number of likely N-dealkylation sites (tertiary alicyclic amines) is 1. The Kier molecular flexibility index (Phi) is 6.00. The van der Waals surface area contributed by atoms with Gasteiger partial charge in [-0.15, -0.1) is 11.3 Å². The quantitative estimate of drug-likeness (QED) is 0.610. The molecule has 3 aromatic rings. The Morgan fingerprint density at radius 3 is 2.68 bits per heavy atom. The van der Waals surface area contributed by atoms with Crippen LogP contribution in [0.1, 0.15) is 48.0 Å². The summed E-state index contributed by atoms with van der Waals surface area (Å²) < 4.78 is 27.4. The predicted octanol–water partition coefficient (Wildman–Crippen LogP) is 3.60. The van der Waals surface area contributed by atoms with Crippen LogP contribution >= 0.6 is 11.3 Å². The number of amides is 1. The van der Waals surface area contributed by atoms with E-state index in [2.05, 4.69) is 4.98 Å². The van der Waals surface area contributed by atoms with Gasteiger partial charge in [-0.05, 0) is 42.5 Å². The van der Waals surface area contributed by atoms with Crippen molar-refractivity contribution >= 4 is 38.2 Å². The maximum Gasteiger partial charge on any atom is 0.255 e. The Morgan fingerprint density at radius 1 is 1.23 bits per heavy atom. The minimum Gasteiger partial charge on any atom is -0.331 e. The Hall–Kier alpha value is -2.49. The summed E-state index contributed by atoms with van der Waals surface area (Å²) in [7, 11) is -3.69. The highest BCUT2D eigenvalue weighted by atomic mass is 32.2. The fourth-order valence-electron chi connectivity index (χ4n) is 4.22. The second-order valence-corrected chi connectivity index (χ2v) is 10.4. The summed E-state index contributed by atoms with van der Waals surface area (Å²) in [5.41, 5.74) is 0.294. The Bertz CT molecular complexity index is 1260. The van der Waals surface area contributed by atoms with E-state index >= 15 is 0 Å². The van der Waals surface area contributed by atoms with Crippen LogP contribution in [-0.4, -0.2) is 48.1 Å². The number of nitrogens with zero attached hydrogens (tertiary/aromatic N) is 2. The SMILES string of the molecule is CCN(CC)S(=O)(=O)c1ccc2[nH]c(=O)cc(C(=O)N3CCCC3c3cccs3)c2c1. The Labute approximate surface area is 185 Å². The maximum atomic E-state index is 13.5. The molecule has 0 aliphatic carbocycles. The monoisotopic (exact) mass is 459 g/mol. The van der Waals surface area contributed by atoms with E-state index in [0.717, 1.165) is 17.7 Å². The summed E-state index contributed by atoms with van der Waals surface area (Å²) in [5.74, 6) is -0.246. The van der Waals surface area contributed by atoms with E-state index in [1.165, 1.54) is 22.5 Å². The van der Waals surface area contributed by atoms with Gasteiger partial charge in [0.1, 0.15) is 0 Å². The van der Waals surface area contributed by atoms with Gasteiger partial charge in [-0.25, -0.2) is 8.42 Å². The average molecular weight is 460 g/mol. The number of nitrogens with one attached hydrogen (secondary N) is 1. The topological polar surface area (TPSA) is 90.5 Å². The molecule has 1 unspecified atom stereocenters. The molecule has 9 heteroatoms. The number of carbonyl (C=O) groups excluding carboxylic acids is 1. The molecule has 1 aliphatic heterocycles. The molecule has 3 heterocycles. The van der Waals surface area contributed by atoms with Crippen LogP contribution in [0.3, 0.4) is 0 Å². The van der Waals surface area contributed by atoms with Gasteiger partial charge < -0.3 is 9.88 Å². The van der Waals surface area contributed by atoms with E-state index in [0.29, 0.717) is 30.5 Å². The highest BCUT2D eigenvalue weighted by Gasteiger charge is 2.32. The minimum absolute atomic E-state index is 0.0237. The van der Waals surface area contributed by atoms with Crippen LogP contribution in [0.25, 0.3) is 10.9 Å². The third kappa shape index (κ3) is 3.93. The smallest absolute Gasteiger partial charge is 0.255 e. The van der Waals surface area contributed by atoms with Crippen LogP contribution in [0.2, 0.25) is 0 Å². The van der Waals surface area contributed by atoms with Crippen LogP contribution in [0.5, 0.6) is 0 Å². The number of hydrogen-bond acceptors (Lipinski definition) is 5. The van der Waals surface area contributed by atoms with Gasteiger partial charge >= 0.3 is 0 Å². The van der Waals surface area contributed by atoms with E-state index < -0.39 is 10.0 Å². The number of H-pyrrole nitrogens is 1. The van der Waals surface area contributed by atoms with Gasteiger partial charge in [-0.3, -0.25) is 9.59 Å². The zero-order valence-corrected chi connectivity index (χ0v) is 19.1. The summed E-state index contributed by atoms with van der Waals surface area (Å²) >= 11 is 1.61. The zero-order chi connectivity index (χ0) is 22.2. The molecule has 1 amide bonds. The first kappa shape index (κ1) is 21.7. The van der Waals surface area contributed by atoms with Gasteiger partial charge in [-0.1, -0.05) is 19.9 Å². The summed E-state index contributed by atoms with van der Waals surface area (Å²) in [6.45, 7) is 4.88. The van der Waals surface area contributed by atoms with Crippen molar-refractivity contribution in [1.82, 2.24) is 14.2 Å². The predicted molar refractivity (Wildman–Crippen MR) is 122 cm³/mol. The van der Waals surface area contributed by atoms with Crippen molar-refractivity contribution in [2.45, 2.75) is 37.6 Å². The van der Waals surface area contributed by atoms with E-state index in [4.69, 9.17) is 0 Å². The van der Waals surface area contributed by atoms with Crippen molar-refractivity contribution in [3.63, 3.8) is 0 Å². The summed E-state index contributed by atoms with van der Waals surface area (Å²) in [6, 6.07) is 9.78. The lowest BCUT2D eigenvalue weighted by Crippen LogP contribution is -2.32. The van der Waals surface area contributed by atoms with Crippen molar-refractivity contribution in [3.8, 4) is 0 Å². The fourth-order valence-corrected chi connectivity index (χ4v) is 6.58. The molecule has 1 fully saturated rings. The van der Waals surface area contributed by atoms with Gasteiger partial charge in [0.25, 0.3) is 5.91 Å². The Balaban J connectivity index is 1.82. The molecule has 164 valence electrons. The normalized spacial score (nSPS) is 17.0. The van der Waals surface area contributed by atoms with Crippen molar-refractivity contribution in [3.05, 3.63) is 62.6 Å². The summed E-state index contributed by atoms with van der Waals surface area (Å²) in [5, 5.41) is 2.43. The fraction of sp³-hybridized carbons (Fsp3) is 0.364. The number of aromatic amines is 1. The lowest BCUT2D eigenvalue weighted by Gasteiger charge is -2.24. The highest BCUT2D eigenvalue weighted by molar-refractivity contribution is 7.89. The summed E-state index contributed by atoms with van der Waals surface area (Å²) in [4.78, 5) is 31.6. The van der Waals surface area contributed by atoms with Crippen LogP contribution in [0, 0.1) is 0 Å². The van der Waals surface area contributed by atoms with Crippen molar-refractivity contribution < 1.29 is 13.2 Å². The molecule has 0 saturated carbocycles. The first-order valence-corrected chi connectivity index (χ1v) is 12.7. The van der Waals surface area contributed by atoms with E-state index in [9.17, 15) is 18.0 Å². The van der Waals surface area contributed by atoms with Crippen LogP contribution in [-0.2, 0) is 10.0 Å². The molecular weight excluding hydrogens is 434 g/mol. The van der Waals surface area contributed by atoms with Gasteiger partial charge in [0.2, 0.25) is 15.6 Å². The number of carbonyl (C=O) groups is 1. The molecule has 1 aliphatic rings. The largest absolute Gasteiger partial charge is 0.331 e. The number of benzene rings is 1. The van der Waals surface area contributed by atoms with Gasteiger partial charge in [-0.2, -0.15) is 4.31 Å². The van der Waals surface area contributed by atoms with Gasteiger partial charge in [0.05, 0.1) is 16.5 Å². The molecule has 31 heavy (non-hydrogen) atoms. The second-order valence-electron chi connectivity index (χ2n) is 7.52. The number of fused-ring (bicyclic) bond motifs is 1. The number of aromatic nitrogens is 1. The number of pyridine rings is 1. The number of sulfonamides is 1. The third-order valence-electron chi connectivity index (χ3n) is 5.77. The minimum atomic E-state index is -3.69. The molecule has 0 bridgehead atoms. The molecule has 1 saturated heterocycles. The number of thiophene rings is 1. The number of rotatable bonds is 6. The van der Waals surface area contributed by atoms with Crippen LogP contribution in [0.15, 0.2) is 51.5 Å². The van der Waals surface area contributed by atoms with Gasteiger partial charge in [0, 0.05) is 41.5 Å².